The molecule has 0 atom stereocenters. The minimum Gasteiger partial charge on any atom is -0.361 e. The maximum absolute atomic E-state index is 3.58. The number of fused-ring (bicyclic) bond motifs is 1. The molecule has 1 N–H and O–H groups in total. The highest BCUT2D eigenvalue weighted by Crippen LogP contribution is 2.23. The monoisotopic (exact) mass is 299 g/mol. The fraction of sp³-hybridized carbons (Fsp3) is 0.619. The van der Waals surface area contributed by atoms with Gasteiger partial charge < -0.3 is 4.98 Å². The van der Waals surface area contributed by atoms with E-state index in [9.17, 15) is 0 Å². The van der Waals surface area contributed by atoms with Gasteiger partial charge in [-0.3, -0.25) is 0 Å². The molecule has 0 aliphatic carbocycles. The summed E-state index contributed by atoms with van der Waals surface area (Å²) >= 11 is 0. The molecular weight excluding hydrogens is 266 g/mol. The van der Waals surface area contributed by atoms with Crippen LogP contribution in [0.4, 0.5) is 0 Å². The molecule has 0 aliphatic rings. The van der Waals surface area contributed by atoms with Crippen LogP contribution in [0.15, 0.2) is 24.3 Å². The van der Waals surface area contributed by atoms with Gasteiger partial charge in [0.25, 0.3) is 0 Å². The number of rotatable bonds is 11. The molecule has 1 aromatic heterocycles. The first-order chi connectivity index (χ1) is 10.8. The lowest BCUT2D eigenvalue weighted by molar-refractivity contribution is 0.556. The summed E-state index contributed by atoms with van der Waals surface area (Å²) in [7, 11) is 0. The van der Waals surface area contributed by atoms with Gasteiger partial charge >= 0.3 is 0 Å². The fourth-order valence-electron chi connectivity index (χ4n) is 3.42. The lowest BCUT2D eigenvalue weighted by Crippen LogP contribution is -1.88. The van der Waals surface area contributed by atoms with Crippen molar-refractivity contribution in [2.75, 3.05) is 0 Å². The number of hydrogen-bond donors (Lipinski definition) is 1. The summed E-state index contributed by atoms with van der Waals surface area (Å²) in [6.45, 7) is 4.47. The van der Waals surface area contributed by atoms with Gasteiger partial charge in [0.1, 0.15) is 0 Å². The molecule has 0 amide bonds. The smallest absolute Gasteiger partial charge is 0.0228 e. The zero-order chi connectivity index (χ0) is 15.6. The van der Waals surface area contributed by atoms with E-state index in [-0.39, 0.29) is 0 Å². The van der Waals surface area contributed by atoms with Crippen LogP contribution in [-0.4, -0.2) is 4.98 Å². The van der Waals surface area contributed by atoms with E-state index >= 15 is 0 Å². The second-order valence-corrected chi connectivity index (χ2v) is 6.71. The minimum absolute atomic E-state index is 1.20. The van der Waals surface area contributed by atoms with Crippen molar-refractivity contribution in [3.05, 3.63) is 35.7 Å². The Hall–Kier alpha value is -1.24. The van der Waals surface area contributed by atoms with Gasteiger partial charge in [0.2, 0.25) is 0 Å². The Bertz CT molecular complexity index is 538. The third-order valence-corrected chi connectivity index (χ3v) is 4.77. The van der Waals surface area contributed by atoms with Crippen molar-refractivity contribution in [3.8, 4) is 0 Å². The molecule has 1 heteroatoms. The summed E-state index contributed by atoms with van der Waals surface area (Å²) in [4.78, 5) is 3.58. The van der Waals surface area contributed by atoms with Gasteiger partial charge in [0.05, 0.1) is 0 Å². The Morgan fingerprint density at radius 1 is 0.727 bits per heavy atom. The molecule has 2 aromatic rings. The quantitative estimate of drug-likeness (QED) is 0.432. The number of nitrogens with one attached hydrogen (secondary N) is 1. The summed E-state index contributed by atoms with van der Waals surface area (Å²) in [5.74, 6) is 0. The van der Waals surface area contributed by atoms with Crippen LogP contribution in [0.3, 0.4) is 0 Å². The van der Waals surface area contributed by atoms with Gasteiger partial charge in [-0.2, -0.15) is 0 Å². The first-order valence-electron chi connectivity index (χ1n) is 9.39. The molecular formula is C21H33N. The van der Waals surface area contributed by atoms with Crippen LogP contribution >= 0.6 is 0 Å². The maximum atomic E-state index is 3.58. The topological polar surface area (TPSA) is 15.8 Å². The van der Waals surface area contributed by atoms with Crippen molar-refractivity contribution in [2.45, 2.75) is 84.5 Å². The zero-order valence-electron chi connectivity index (χ0n) is 14.6. The fourth-order valence-corrected chi connectivity index (χ4v) is 3.42. The van der Waals surface area contributed by atoms with E-state index in [1.165, 1.54) is 92.8 Å². The third kappa shape index (κ3) is 5.19. The molecule has 0 spiro atoms. The Morgan fingerprint density at radius 2 is 1.27 bits per heavy atom. The molecule has 0 fully saturated rings. The van der Waals surface area contributed by atoms with E-state index in [4.69, 9.17) is 0 Å². The highest BCUT2D eigenvalue weighted by molar-refractivity contribution is 5.88. The van der Waals surface area contributed by atoms with E-state index in [1.54, 1.807) is 0 Å². The number of aromatic amines is 1. The zero-order valence-corrected chi connectivity index (χ0v) is 14.6. The lowest BCUT2D eigenvalue weighted by Gasteiger charge is -2.02. The van der Waals surface area contributed by atoms with E-state index in [1.807, 2.05) is 0 Å². The van der Waals surface area contributed by atoms with E-state index in [2.05, 4.69) is 43.1 Å². The molecule has 0 saturated heterocycles. The maximum Gasteiger partial charge on any atom is 0.0228 e. The normalized spacial score (nSPS) is 11.4. The average Bonchev–Trinajstić information content (AvgIpc) is 2.86. The first-order valence-corrected chi connectivity index (χ1v) is 9.39. The number of aromatic nitrogens is 1. The van der Waals surface area contributed by atoms with Gasteiger partial charge in [0, 0.05) is 22.2 Å². The Balaban J connectivity index is 1.59. The van der Waals surface area contributed by atoms with E-state index < -0.39 is 0 Å². The van der Waals surface area contributed by atoms with Crippen molar-refractivity contribution in [3.63, 3.8) is 0 Å². The predicted molar refractivity (Wildman–Crippen MR) is 98.6 cm³/mol. The molecule has 1 heterocycles. The van der Waals surface area contributed by atoms with Crippen LogP contribution in [0.2, 0.25) is 0 Å². The van der Waals surface area contributed by atoms with E-state index in [0.717, 1.165) is 0 Å². The minimum atomic E-state index is 1.20. The number of hydrogen-bond acceptors (Lipinski definition) is 0. The molecule has 0 bridgehead atoms. The van der Waals surface area contributed by atoms with Crippen molar-refractivity contribution in [1.29, 1.82) is 0 Å². The molecule has 2 rings (SSSR count). The van der Waals surface area contributed by atoms with Crippen LogP contribution in [0.25, 0.3) is 10.8 Å². The summed E-state index contributed by atoms with van der Waals surface area (Å²) in [5.41, 5.74) is 2.75. The number of benzene rings is 1. The highest BCUT2D eigenvalue weighted by atomic mass is 14.7. The second kappa shape index (κ2) is 9.71. The molecule has 22 heavy (non-hydrogen) atoms. The molecule has 0 aliphatic heterocycles. The molecule has 1 nitrogen and oxygen atoms in total. The standard InChI is InChI=1S/C21H33N/c1-3-4-5-6-7-8-9-10-11-12-17-21-20-16-14-13-15-19(20)18(2)22-21/h13-16,22H,3-12,17H2,1-2H3. The third-order valence-electron chi connectivity index (χ3n) is 4.77. The first kappa shape index (κ1) is 17.1. The van der Waals surface area contributed by atoms with Crippen LogP contribution in [-0.2, 0) is 6.42 Å². The van der Waals surface area contributed by atoms with Crippen LogP contribution in [0.1, 0.15) is 82.5 Å². The van der Waals surface area contributed by atoms with Crippen LogP contribution in [0.5, 0.6) is 0 Å². The molecule has 1 aromatic carbocycles. The van der Waals surface area contributed by atoms with Crippen LogP contribution in [0, 0.1) is 6.92 Å². The number of H-pyrrole nitrogens is 1. The largest absolute Gasteiger partial charge is 0.361 e. The van der Waals surface area contributed by atoms with Crippen molar-refractivity contribution >= 4 is 10.8 Å². The molecule has 0 saturated carbocycles. The summed E-state index contributed by atoms with van der Waals surface area (Å²) in [5, 5.41) is 2.82. The van der Waals surface area contributed by atoms with Crippen molar-refractivity contribution in [2.24, 2.45) is 0 Å². The van der Waals surface area contributed by atoms with Gasteiger partial charge in [-0.1, -0.05) is 89.0 Å². The lowest BCUT2D eigenvalue weighted by atomic mass is 10.0. The van der Waals surface area contributed by atoms with Crippen molar-refractivity contribution < 1.29 is 0 Å². The van der Waals surface area contributed by atoms with Crippen LogP contribution < -0.4 is 0 Å². The van der Waals surface area contributed by atoms with Gasteiger partial charge in [-0.15, -0.1) is 0 Å². The molecule has 122 valence electrons. The SMILES string of the molecule is CCCCCCCCCCCCc1[nH]c(C)c2ccccc12. The predicted octanol–water partition coefficient (Wildman–Crippen LogP) is 6.94. The average molecular weight is 300 g/mol. The van der Waals surface area contributed by atoms with Gasteiger partial charge in [-0.05, 0) is 19.8 Å². The number of aryl methyl sites for hydroxylation is 2. The second-order valence-electron chi connectivity index (χ2n) is 6.71. The Labute approximate surface area is 136 Å². The van der Waals surface area contributed by atoms with Gasteiger partial charge in [0.15, 0.2) is 0 Å². The van der Waals surface area contributed by atoms with Crippen molar-refractivity contribution in [1.82, 2.24) is 4.98 Å². The number of unbranched alkanes of at least 4 members (excludes halogenated alkanes) is 9. The van der Waals surface area contributed by atoms with Gasteiger partial charge in [-0.25, -0.2) is 0 Å². The highest BCUT2D eigenvalue weighted by Gasteiger charge is 2.05. The molecule has 0 radical (unpaired) electrons. The Morgan fingerprint density at radius 3 is 1.91 bits per heavy atom. The summed E-state index contributed by atoms with van der Waals surface area (Å²) in [6.07, 6.45) is 15.3. The van der Waals surface area contributed by atoms with E-state index in [0.29, 0.717) is 0 Å². The Kier molecular flexibility index (Phi) is 7.56. The summed E-state index contributed by atoms with van der Waals surface area (Å²) < 4.78 is 0. The summed E-state index contributed by atoms with van der Waals surface area (Å²) in [6, 6.07) is 8.76. The molecule has 0 unspecified atom stereocenters.